The first kappa shape index (κ1) is 21.0. The summed E-state index contributed by atoms with van der Waals surface area (Å²) in [4.78, 5) is 4.05. The van der Waals surface area contributed by atoms with Gasteiger partial charge in [0.05, 0.1) is 37.5 Å². The molecule has 1 heterocycles. The van der Waals surface area contributed by atoms with Crippen molar-refractivity contribution >= 4 is 18.6 Å². The zero-order valence-electron chi connectivity index (χ0n) is 15.9. The normalized spacial score (nSPS) is 12.1. The third-order valence-electron chi connectivity index (χ3n) is 3.71. The number of phenols is 1. The molecule has 0 amide bonds. The Kier molecular flexibility index (Phi) is 7.42. The molecule has 0 fully saturated rings. The number of hydrogen-bond donors (Lipinski definition) is 2. The first-order valence-corrected chi connectivity index (χ1v) is 10.1. The molecule has 8 heteroatoms. The number of methoxy groups -OCH3 is 1. The number of hydrogen-bond acceptors (Lipinski definition) is 7. The van der Waals surface area contributed by atoms with Crippen molar-refractivity contribution in [1.29, 1.82) is 0 Å². The van der Waals surface area contributed by atoms with Gasteiger partial charge in [0.1, 0.15) is 0 Å². The number of phenolic OH excluding ortho intramolecular Hbond substituents is 1. The number of aromatic nitrogens is 1. The Labute approximate surface area is 159 Å². The van der Waals surface area contributed by atoms with E-state index in [4.69, 9.17) is 13.8 Å². The second-order valence-corrected chi connectivity index (χ2v) is 7.59. The lowest BCUT2D eigenvalue weighted by Gasteiger charge is -2.21. The highest BCUT2D eigenvalue weighted by atomic mass is 31.2. The smallest absolute Gasteiger partial charge is 0.363 e. The predicted octanol–water partition coefficient (Wildman–Crippen LogP) is 4.78. The van der Waals surface area contributed by atoms with Crippen molar-refractivity contribution in [1.82, 2.24) is 4.98 Å². The van der Waals surface area contributed by atoms with Crippen LogP contribution in [0.3, 0.4) is 0 Å². The van der Waals surface area contributed by atoms with Crippen molar-refractivity contribution in [3.8, 4) is 11.5 Å². The summed E-state index contributed by atoms with van der Waals surface area (Å²) < 4.78 is 29.7. The number of rotatable bonds is 9. The second-order valence-electron chi connectivity index (χ2n) is 5.59. The molecule has 2 aromatic rings. The summed E-state index contributed by atoms with van der Waals surface area (Å²) in [6.45, 7) is 5.67. The molecule has 1 aromatic heterocycles. The fourth-order valence-electron chi connectivity index (χ4n) is 2.49. The standard InChI is InChI=1S/C19H25N2O5P/c1-5-25-27(23,26-6-2)18(13-21-16-8-7-9-20-12-16)15-10-14(3)19(22)17(11-15)24-4/h7-13,21-22H,5-6H2,1-4H3/b18-13-. The van der Waals surface area contributed by atoms with Crippen molar-refractivity contribution in [2.45, 2.75) is 20.8 Å². The van der Waals surface area contributed by atoms with Crippen molar-refractivity contribution in [3.63, 3.8) is 0 Å². The zero-order chi connectivity index (χ0) is 19.9. The van der Waals surface area contributed by atoms with Gasteiger partial charge >= 0.3 is 7.60 Å². The van der Waals surface area contributed by atoms with E-state index in [1.54, 1.807) is 57.6 Å². The summed E-state index contributed by atoms with van der Waals surface area (Å²) in [6.07, 6.45) is 4.88. The van der Waals surface area contributed by atoms with Crippen molar-refractivity contribution < 1.29 is 23.5 Å². The maximum absolute atomic E-state index is 13.5. The van der Waals surface area contributed by atoms with Crippen LogP contribution >= 0.6 is 7.60 Å². The third kappa shape index (κ3) is 5.10. The van der Waals surface area contributed by atoms with E-state index in [-0.39, 0.29) is 24.7 Å². The quantitative estimate of drug-likeness (QED) is 0.594. The van der Waals surface area contributed by atoms with Crippen LogP contribution < -0.4 is 10.1 Å². The van der Waals surface area contributed by atoms with Crippen LogP contribution in [0.1, 0.15) is 25.0 Å². The average Bonchev–Trinajstić information content (AvgIpc) is 2.65. The van der Waals surface area contributed by atoms with E-state index in [0.29, 0.717) is 16.4 Å². The van der Waals surface area contributed by atoms with Crippen LogP contribution in [0.15, 0.2) is 42.9 Å². The summed E-state index contributed by atoms with van der Waals surface area (Å²) in [7, 11) is -2.15. The van der Waals surface area contributed by atoms with Crippen LogP contribution in [0.4, 0.5) is 5.69 Å². The lowest BCUT2D eigenvalue weighted by molar-refractivity contribution is 0.230. The summed E-state index contributed by atoms with van der Waals surface area (Å²) in [5.41, 5.74) is 1.86. The van der Waals surface area contributed by atoms with Crippen molar-refractivity contribution in [3.05, 3.63) is 54.0 Å². The maximum Gasteiger partial charge on any atom is 0.363 e. The SMILES string of the molecule is CCOP(=O)(OCC)/C(=C\Nc1cccnc1)c1cc(C)c(O)c(OC)c1. The van der Waals surface area contributed by atoms with Gasteiger partial charge in [-0.15, -0.1) is 0 Å². The topological polar surface area (TPSA) is 89.9 Å². The first-order chi connectivity index (χ1) is 12.9. The van der Waals surface area contributed by atoms with Gasteiger partial charge in [-0.05, 0) is 56.2 Å². The van der Waals surface area contributed by atoms with Gasteiger partial charge in [-0.2, -0.15) is 0 Å². The molecule has 0 aliphatic rings. The van der Waals surface area contributed by atoms with Gasteiger partial charge in [0.25, 0.3) is 0 Å². The molecule has 0 atom stereocenters. The average molecular weight is 392 g/mol. The molecule has 0 saturated heterocycles. The van der Waals surface area contributed by atoms with Gasteiger partial charge in [0, 0.05) is 12.4 Å². The summed E-state index contributed by atoms with van der Waals surface area (Å²) >= 11 is 0. The van der Waals surface area contributed by atoms with E-state index in [1.807, 2.05) is 6.07 Å². The Bertz CT molecular complexity index is 829. The Morgan fingerprint density at radius 3 is 2.56 bits per heavy atom. The molecule has 0 bridgehead atoms. The second kappa shape index (κ2) is 9.55. The van der Waals surface area contributed by atoms with Crippen LogP contribution in [0.5, 0.6) is 11.5 Å². The molecule has 146 valence electrons. The highest BCUT2D eigenvalue weighted by Gasteiger charge is 2.32. The number of pyridine rings is 1. The number of benzene rings is 1. The molecule has 0 aliphatic heterocycles. The highest BCUT2D eigenvalue weighted by molar-refractivity contribution is 7.65. The summed E-state index contributed by atoms with van der Waals surface area (Å²) in [5, 5.41) is 13.5. The molecule has 0 radical (unpaired) electrons. The van der Waals surface area contributed by atoms with Crippen LogP contribution in [0.25, 0.3) is 5.31 Å². The molecular weight excluding hydrogens is 367 g/mol. The van der Waals surface area contributed by atoms with Crippen LogP contribution in [0, 0.1) is 6.92 Å². The molecule has 0 aliphatic carbocycles. The maximum atomic E-state index is 13.5. The number of nitrogens with zero attached hydrogens (tertiary/aromatic N) is 1. The van der Waals surface area contributed by atoms with Crippen molar-refractivity contribution in [2.75, 3.05) is 25.6 Å². The van der Waals surface area contributed by atoms with E-state index >= 15 is 0 Å². The molecule has 0 saturated carbocycles. The molecule has 27 heavy (non-hydrogen) atoms. The fraction of sp³-hybridized carbons (Fsp3) is 0.316. The van der Waals surface area contributed by atoms with Gasteiger partial charge in [-0.3, -0.25) is 9.55 Å². The Morgan fingerprint density at radius 2 is 2.00 bits per heavy atom. The van der Waals surface area contributed by atoms with E-state index < -0.39 is 7.60 Å². The Balaban J connectivity index is 2.58. The van der Waals surface area contributed by atoms with Gasteiger partial charge in [0.2, 0.25) is 0 Å². The largest absolute Gasteiger partial charge is 0.504 e. The number of anilines is 1. The van der Waals surface area contributed by atoms with Gasteiger partial charge in [0.15, 0.2) is 11.5 Å². The van der Waals surface area contributed by atoms with Gasteiger partial charge in [-0.25, -0.2) is 0 Å². The number of nitrogens with one attached hydrogen (secondary N) is 1. The molecule has 2 N–H and O–H groups in total. The lowest BCUT2D eigenvalue weighted by atomic mass is 10.1. The summed E-state index contributed by atoms with van der Waals surface area (Å²) in [5.74, 6) is 0.306. The van der Waals surface area contributed by atoms with Gasteiger partial charge in [-0.1, -0.05) is 0 Å². The van der Waals surface area contributed by atoms with E-state index in [9.17, 15) is 9.67 Å². The minimum absolute atomic E-state index is 0.0310. The number of ether oxygens (including phenoxy) is 1. The number of aromatic hydroxyl groups is 1. The predicted molar refractivity (Wildman–Crippen MR) is 106 cm³/mol. The minimum atomic E-state index is -3.61. The molecular formula is C19H25N2O5P. The van der Waals surface area contributed by atoms with Crippen molar-refractivity contribution in [2.24, 2.45) is 0 Å². The fourth-order valence-corrected chi connectivity index (χ4v) is 4.19. The Hall–Kier alpha value is -2.34. The molecule has 0 spiro atoms. The van der Waals surface area contributed by atoms with Crippen LogP contribution in [-0.4, -0.2) is 30.4 Å². The zero-order valence-corrected chi connectivity index (χ0v) is 16.8. The monoisotopic (exact) mass is 392 g/mol. The molecule has 2 rings (SSSR count). The van der Waals surface area contributed by atoms with Crippen LogP contribution in [0.2, 0.25) is 0 Å². The summed E-state index contributed by atoms with van der Waals surface area (Å²) in [6, 6.07) is 6.92. The molecule has 7 nitrogen and oxygen atoms in total. The van der Waals surface area contributed by atoms with Gasteiger partial charge < -0.3 is 24.2 Å². The van der Waals surface area contributed by atoms with E-state index in [0.717, 1.165) is 5.69 Å². The van der Waals surface area contributed by atoms with E-state index in [2.05, 4.69) is 10.3 Å². The van der Waals surface area contributed by atoms with E-state index in [1.165, 1.54) is 7.11 Å². The molecule has 0 unspecified atom stereocenters. The molecule has 1 aromatic carbocycles. The van der Waals surface area contributed by atoms with Crippen LogP contribution in [-0.2, 0) is 13.6 Å². The first-order valence-electron chi connectivity index (χ1n) is 8.59. The lowest BCUT2D eigenvalue weighted by Crippen LogP contribution is -2.02. The highest BCUT2D eigenvalue weighted by Crippen LogP contribution is 2.61. The minimum Gasteiger partial charge on any atom is -0.504 e. The number of aryl methyl sites for hydroxylation is 1. The Morgan fingerprint density at radius 1 is 1.30 bits per heavy atom. The third-order valence-corrected chi connectivity index (χ3v) is 5.89.